The molecule has 10 heteroatoms. The molecule has 202 valence electrons. The van der Waals surface area contributed by atoms with Gasteiger partial charge in [-0.05, 0) is 57.0 Å². The van der Waals surface area contributed by atoms with Crippen LogP contribution in [0.1, 0.15) is 53.4 Å². The average Bonchev–Trinajstić information content (AvgIpc) is 2.81. The molecule has 1 heterocycles. The van der Waals surface area contributed by atoms with Gasteiger partial charge in [-0.3, -0.25) is 9.78 Å². The number of aryl methyl sites for hydroxylation is 1. The van der Waals surface area contributed by atoms with Crippen LogP contribution in [-0.4, -0.2) is 34.7 Å². The van der Waals surface area contributed by atoms with Crippen LogP contribution in [0.3, 0.4) is 0 Å². The van der Waals surface area contributed by atoms with Crippen molar-refractivity contribution in [3.8, 4) is 22.8 Å². The van der Waals surface area contributed by atoms with Crippen LogP contribution in [0.4, 0.5) is 13.2 Å². The second-order valence-electron chi connectivity index (χ2n) is 9.57. The Labute approximate surface area is 218 Å². The van der Waals surface area contributed by atoms with E-state index in [0.717, 1.165) is 22.8 Å². The first-order chi connectivity index (χ1) is 17.7. The van der Waals surface area contributed by atoms with E-state index in [1.165, 1.54) is 13.3 Å². The predicted octanol–water partition coefficient (Wildman–Crippen LogP) is 6.03. The Kier molecular flexibility index (Phi) is 8.34. The lowest BCUT2D eigenvalue weighted by molar-refractivity contribution is -0.140. The van der Waals surface area contributed by atoms with Crippen molar-refractivity contribution in [3.05, 3.63) is 76.5 Å². The summed E-state index contributed by atoms with van der Waals surface area (Å²) in [5, 5.41) is 10.3. The second-order valence-corrected chi connectivity index (χ2v) is 9.57. The van der Waals surface area contributed by atoms with E-state index in [1.807, 2.05) is 19.1 Å². The van der Waals surface area contributed by atoms with Gasteiger partial charge in [-0.2, -0.15) is 13.2 Å². The van der Waals surface area contributed by atoms with Crippen molar-refractivity contribution >= 4 is 11.9 Å². The third kappa shape index (κ3) is 7.02. The van der Waals surface area contributed by atoms with Crippen LogP contribution < -0.4 is 4.74 Å². The molecule has 0 aliphatic carbocycles. The molecule has 0 amide bonds. The van der Waals surface area contributed by atoms with Crippen LogP contribution in [0.25, 0.3) is 11.3 Å². The van der Waals surface area contributed by atoms with Crippen molar-refractivity contribution in [1.82, 2.24) is 4.98 Å². The second kappa shape index (κ2) is 11.1. The number of phenolic OH excluding ortho intramolecular Hbond substituents is 1. The van der Waals surface area contributed by atoms with Gasteiger partial charge < -0.3 is 19.3 Å². The van der Waals surface area contributed by atoms with Crippen molar-refractivity contribution < 1.29 is 42.1 Å². The third-order valence-electron chi connectivity index (χ3n) is 5.45. The van der Waals surface area contributed by atoms with E-state index < -0.39 is 34.6 Å². The SMILES string of the molecule is COC(=O)Cc1ccc(-c2ccc(OCc3ccc(C(F)(F)F)c(O)c3C(=O)OC(C)(C)C)cn2)c(C)c1. The number of carbonyl (C=O) groups is 2. The highest BCUT2D eigenvalue weighted by Crippen LogP contribution is 2.39. The molecule has 0 fully saturated rings. The summed E-state index contributed by atoms with van der Waals surface area (Å²) in [5.74, 6) is -2.36. The number of hydrogen-bond donors (Lipinski definition) is 1. The molecule has 0 unspecified atom stereocenters. The molecule has 0 atom stereocenters. The summed E-state index contributed by atoms with van der Waals surface area (Å²) in [6.45, 7) is 6.26. The molecule has 0 spiro atoms. The lowest BCUT2D eigenvalue weighted by atomic mass is 10.0. The highest BCUT2D eigenvalue weighted by Gasteiger charge is 2.37. The summed E-state index contributed by atoms with van der Waals surface area (Å²) in [7, 11) is 1.33. The van der Waals surface area contributed by atoms with Crippen LogP contribution >= 0.6 is 0 Å². The number of aromatic hydroxyl groups is 1. The number of benzene rings is 2. The van der Waals surface area contributed by atoms with Crippen molar-refractivity contribution in [1.29, 1.82) is 0 Å². The van der Waals surface area contributed by atoms with Crippen molar-refractivity contribution in [2.45, 2.75) is 52.5 Å². The predicted molar refractivity (Wildman–Crippen MR) is 133 cm³/mol. The molecule has 1 N–H and O–H groups in total. The van der Waals surface area contributed by atoms with Crippen molar-refractivity contribution in [3.63, 3.8) is 0 Å². The third-order valence-corrected chi connectivity index (χ3v) is 5.45. The summed E-state index contributed by atoms with van der Waals surface area (Å²) >= 11 is 0. The average molecular weight is 532 g/mol. The highest BCUT2D eigenvalue weighted by atomic mass is 19.4. The molecule has 3 aromatic rings. The van der Waals surface area contributed by atoms with E-state index in [4.69, 9.17) is 14.2 Å². The van der Waals surface area contributed by atoms with E-state index in [2.05, 4.69) is 4.98 Å². The van der Waals surface area contributed by atoms with Crippen LogP contribution in [0.2, 0.25) is 0 Å². The molecule has 7 nitrogen and oxygen atoms in total. The molecule has 1 aromatic heterocycles. The van der Waals surface area contributed by atoms with E-state index in [1.54, 1.807) is 39.0 Å². The fraction of sp³-hybridized carbons (Fsp3) is 0.321. The first-order valence-corrected chi connectivity index (χ1v) is 11.6. The topological polar surface area (TPSA) is 95.0 Å². The van der Waals surface area contributed by atoms with E-state index in [9.17, 15) is 27.9 Å². The number of carbonyl (C=O) groups excluding carboxylic acids is 2. The maximum absolute atomic E-state index is 13.3. The molecule has 0 saturated heterocycles. The fourth-order valence-corrected chi connectivity index (χ4v) is 3.69. The zero-order chi connectivity index (χ0) is 28.3. The van der Waals surface area contributed by atoms with Gasteiger partial charge >= 0.3 is 18.1 Å². The van der Waals surface area contributed by atoms with E-state index in [0.29, 0.717) is 17.5 Å². The first-order valence-electron chi connectivity index (χ1n) is 11.6. The van der Waals surface area contributed by atoms with Gasteiger partial charge in [0.15, 0.2) is 0 Å². The summed E-state index contributed by atoms with van der Waals surface area (Å²) in [6, 6.07) is 10.6. The highest BCUT2D eigenvalue weighted by molar-refractivity contribution is 5.95. The Bertz CT molecular complexity index is 1330. The number of aromatic nitrogens is 1. The summed E-state index contributed by atoms with van der Waals surface area (Å²) in [5.41, 5.74) is 0.249. The van der Waals surface area contributed by atoms with Gasteiger partial charge in [0.25, 0.3) is 0 Å². The van der Waals surface area contributed by atoms with Gasteiger partial charge in [-0.25, -0.2) is 4.79 Å². The molecule has 2 aromatic carbocycles. The minimum absolute atomic E-state index is 0.0193. The van der Waals surface area contributed by atoms with Gasteiger partial charge in [0.1, 0.15) is 29.3 Å². The lowest BCUT2D eigenvalue weighted by Gasteiger charge is -2.22. The molecule has 0 aliphatic heterocycles. The Morgan fingerprint density at radius 3 is 2.29 bits per heavy atom. The van der Waals surface area contributed by atoms with Crippen molar-refractivity contribution in [2.24, 2.45) is 0 Å². The molecular formula is C28H28F3NO6. The van der Waals surface area contributed by atoms with Gasteiger partial charge in [0.2, 0.25) is 0 Å². The Morgan fingerprint density at radius 1 is 1.03 bits per heavy atom. The number of esters is 2. The minimum atomic E-state index is -4.87. The van der Waals surface area contributed by atoms with E-state index >= 15 is 0 Å². The minimum Gasteiger partial charge on any atom is -0.506 e. The zero-order valence-corrected chi connectivity index (χ0v) is 21.6. The van der Waals surface area contributed by atoms with Crippen LogP contribution in [0, 0.1) is 6.92 Å². The molecule has 38 heavy (non-hydrogen) atoms. The van der Waals surface area contributed by atoms with Crippen LogP contribution in [0.15, 0.2) is 48.7 Å². The molecular weight excluding hydrogens is 503 g/mol. The van der Waals surface area contributed by atoms with Crippen LogP contribution in [0.5, 0.6) is 11.5 Å². The summed E-state index contributed by atoms with van der Waals surface area (Å²) in [6.07, 6.45) is -3.27. The number of nitrogens with zero attached hydrogens (tertiary/aromatic N) is 1. The number of methoxy groups -OCH3 is 1. The Morgan fingerprint density at radius 2 is 1.74 bits per heavy atom. The number of alkyl halides is 3. The summed E-state index contributed by atoms with van der Waals surface area (Å²) < 4.78 is 55.6. The molecule has 0 saturated carbocycles. The van der Waals surface area contributed by atoms with Gasteiger partial charge in [0.05, 0.1) is 31.0 Å². The zero-order valence-electron chi connectivity index (χ0n) is 21.6. The Balaban J connectivity index is 1.82. The van der Waals surface area contributed by atoms with E-state index in [-0.39, 0.29) is 24.6 Å². The number of ether oxygens (including phenoxy) is 3. The molecule has 0 radical (unpaired) electrons. The normalized spacial score (nSPS) is 11.7. The number of halogens is 3. The molecule has 3 rings (SSSR count). The van der Waals surface area contributed by atoms with Crippen molar-refractivity contribution in [2.75, 3.05) is 7.11 Å². The standard InChI is InChI=1S/C28H28F3NO6/c1-16-12-17(13-23(33)36-5)6-9-20(16)22-11-8-19(14-32-22)37-15-18-7-10-21(28(29,30)31)25(34)24(18)26(35)38-27(2,3)4/h6-12,14,34H,13,15H2,1-5H3. The number of rotatable bonds is 7. The summed E-state index contributed by atoms with van der Waals surface area (Å²) in [4.78, 5) is 28.6. The molecule has 0 aliphatic rings. The largest absolute Gasteiger partial charge is 0.506 e. The monoisotopic (exact) mass is 531 g/mol. The van der Waals surface area contributed by atoms with Gasteiger partial charge in [-0.15, -0.1) is 0 Å². The number of hydrogen-bond acceptors (Lipinski definition) is 7. The maximum atomic E-state index is 13.3. The first kappa shape index (κ1) is 28.5. The van der Waals surface area contributed by atoms with Gasteiger partial charge in [0, 0.05) is 11.1 Å². The fourth-order valence-electron chi connectivity index (χ4n) is 3.69. The smallest absolute Gasteiger partial charge is 0.419 e. The van der Waals surface area contributed by atoms with Crippen LogP contribution in [-0.2, 0) is 33.5 Å². The lowest BCUT2D eigenvalue weighted by Crippen LogP contribution is -2.25. The number of pyridine rings is 1. The van der Waals surface area contributed by atoms with Gasteiger partial charge in [-0.1, -0.05) is 24.3 Å². The number of phenols is 1. The quantitative estimate of drug-likeness (QED) is 0.372. The Hall–Kier alpha value is -4.08. The maximum Gasteiger partial charge on any atom is 0.419 e. The molecule has 0 bridgehead atoms.